The number of sulfone groups is 1. The fourth-order valence-corrected chi connectivity index (χ4v) is 5.02. The van der Waals surface area contributed by atoms with E-state index in [1.807, 2.05) is 37.4 Å². The summed E-state index contributed by atoms with van der Waals surface area (Å²) in [4.78, 5) is 3.72. The molecule has 0 N–H and O–H groups in total. The van der Waals surface area contributed by atoms with Crippen LogP contribution < -0.4 is 0 Å². The van der Waals surface area contributed by atoms with Crippen LogP contribution in [0.1, 0.15) is 31.4 Å². The molecule has 0 bridgehead atoms. The van der Waals surface area contributed by atoms with Gasteiger partial charge < -0.3 is 0 Å². The Morgan fingerprint density at radius 1 is 1.21 bits per heavy atom. The summed E-state index contributed by atoms with van der Waals surface area (Å²) in [6, 6.07) is 9.81. The van der Waals surface area contributed by atoms with Crippen LogP contribution in [0.3, 0.4) is 0 Å². The Bertz CT molecular complexity index is 773. The quantitative estimate of drug-likeness (QED) is 0.827. The third-order valence-corrected chi connectivity index (χ3v) is 6.37. The summed E-state index contributed by atoms with van der Waals surface area (Å²) in [5.41, 5.74) is 1.76. The Balaban J connectivity index is 1.72. The molecule has 24 heavy (non-hydrogen) atoms. The van der Waals surface area contributed by atoms with Gasteiger partial charge in [0, 0.05) is 18.8 Å². The summed E-state index contributed by atoms with van der Waals surface area (Å²) in [5, 5.41) is 8.55. The number of hydrogen-bond donors (Lipinski definition) is 0. The molecule has 0 saturated heterocycles. The van der Waals surface area contributed by atoms with E-state index in [0.717, 1.165) is 37.1 Å². The molecule has 1 aliphatic rings. The van der Waals surface area contributed by atoms with Crippen molar-refractivity contribution in [3.8, 4) is 5.69 Å². The van der Waals surface area contributed by atoms with Gasteiger partial charge in [0.15, 0.2) is 9.84 Å². The van der Waals surface area contributed by atoms with E-state index in [1.165, 1.54) is 6.26 Å². The lowest BCUT2D eigenvalue weighted by molar-refractivity contribution is 0.185. The fourth-order valence-electron chi connectivity index (χ4n) is 3.51. The van der Waals surface area contributed by atoms with Crippen LogP contribution in [-0.2, 0) is 16.4 Å². The molecule has 1 aliphatic carbocycles. The molecule has 3 rings (SSSR count). The summed E-state index contributed by atoms with van der Waals surface area (Å²) < 4.78 is 24.2. The van der Waals surface area contributed by atoms with Crippen molar-refractivity contribution in [3.63, 3.8) is 0 Å². The van der Waals surface area contributed by atoms with Crippen molar-refractivity contribution in [2.24, 2.45) is 0 Å². The minimum atomic E-state index is -3.03. The highest BCUT2D eigenvalue weighted by molar-refractivity contribution is 7.91. The molecule has 0 unspecified atom stereocenters. The first-order valence-corrected chi connectivity index (χ1v) is 10.3. The predicted octanol–water partition coefficient (Wildman–Crippen LogP) is 2.05. The second-order valence-corrected chi connectivity index (χ2v) is 8.86. The second kappa shape index (κ2) is 7.03. The van der Waals surface area contributed by atoms with E-state index in [0.29, 0.717) is 6.54 Å². The Kier molecular flexibility index (Phi) is 5.01. The van der Waals surface area contributed by atoms with Crippen LogP contribution in [0.5, 0.6) is 0 Å². The molecule has 0 amide bonds. The first-order valence-electron chi connectivity index (χ1n) is 8.31. The lowest BCUT2D eigenvalue weighted by atomic mass is 9.94. The lowest BCUT2D eigenvalue weighted by Gasteiger charge is -2.36. The molecule has 1 fully saturated rings. The molecule has 7 heteroatoms. The third-order valence-electron chi connectivity index (χ3n) is 4.72. The number of rotatable bonds is 5. The maximum Gasteiger partial charge on any atom is 0.151 e. The zero-order chi connectivity index (χ0) is 17.2. The Labute approximate surface area is 143 Å². The average Bonchev–Trinajstić information content (AvgIpc) is 3.03. The minimum absolute atomic E-state index is 0.0515. The van der Waals surface area contributed by atoms with E-state index in [-0.39, 0.29) is 11.3 Å². The van der Waals surface area contributed by atoms with E-state index in [9.17, 15) is 8.42 Å². The third kappa shape index (κ3) is 3.84. The lowest BCUT2D eigenvalue weighted by Crippen LogP contribution is -2.46. The normalized spacial score (nSPS) is 22.0. The van der Waals surface area contributed by atoms with E-state index in [4.69, 9.17) is 0 Å². The molecule has 0 spiro atoms. The van der Waals surface area contributed by atoms with Gasteiger partial charge in [-0.3, -0.25) is 4.90 Å². The van der Waals surface area contributed by atoms with Crippen molar-refractivity contribution in [3.05, 3.63) is 42.2 Å². The number of para-hydroxylation sites is 1. The van der Waals surface area contributed by atoms with Gasteiger partial charge >= 0.3 is 0 Å². The number of nitrogens with zero attached hydrogens (tertiary/aromatic N) is 4. The molecule has 1 heterocycles. The highest BCUT2D eigenvalue weighted by Crippen LogP contribution is 2.28. The van der Waals surface area contributed by atoms with Crippen LogP contribution in [0.4, 0.5) is 0 Å². The average molecular weight is 348 g/mol. The van der Waals surface area contributed by atoms with Crippen molar-refractivity contribution >= 4 is 9.84 Å². The van der Waals surface area contributed by atoms with Gasteiger partial charge in [-0.1, -0.05) is 31.0 Å². The van der Waals surface area contributed by atoms with Crippen LogP contribution in [0.25, 0.3) is 5.69 Å². The molecule has 0 radical (unpaired) electrons. The van der Waals surface area contributed by atoms with E-state index >= 15 is 0 Å². The van der Waals surface area contributed by atoms with Crippen molar-refractivity contribution in [2.75, 3.05) is 13.3 Å². The van der Waals surface area contributed by atoms with Gasteiger partial charge in [-0.05, 0) is 32.0 Å². The topological polar surface area (TPSA) is 68.1 Å². The standard InChI is InChI=1S/C17H24N4O2S/c1-20(16-10-6-7-11-17(16)24(2,22)23)13-14-12-18-21(19-14)15-8-4-3-5-9-15/h3-5,8-9,12,16-17H,6-7,10-11,13H2,1-2H3/t16-,17+/m0/s1. The van der Waals surface area contributed by atoms with Crippen LogP contribution in [-0.4, -0.2) is 52.9 Å². The smallest absolute Gasteiger partial charge is 0.151 e. The largest absolute Gasteiger partial charge is 0.296 e. The SMILES string of the molecule is CN(Cc1cnn(-c2ccccc2)n1)[C@H]1CCCC[C@H]1S(C)(=O)=O. The first-order chi connectivity index (χ1) is 11.4. The number of benzene rings is 1. The zero-order valence-electron chi connectivity index (χ0n) is 14.2. The van der Waals surface area contributed by atoms with E-state index < -0.39 is 9.84 Å². The summed E-state index contributed by atoms with van der Waals surface area (Å²) in [6.07, 6.45) is 6.85. The molecule has 130 valence electrons. The highest BCUT2D eigenvalue weighted by Gasteiger charge is 2.35. The molecule has 6 nitrogen and oxygen atoms in total. The Morgan fingerprint density at radius 2 is 1.92 bits per heavy atom. The van der Waals surface area contributed by atoms with Gasteiger partial charge in [-0.25, -0.2) is 8.42 Å². The summed E-state index contributed by atoms with van der Waals surface area (Å²) in [7, 11) is -1.05. The van der Waals surface area contributed by atoms with E-state index in [2.05, 4.69) is 15.1 Å². The van der Waals surface area contributed by atoms with Crippen molar-refractivity contribution in [1.29, 1.82) is 0 Å². The van der Waals surface area contributed by atoms with Crippen LogP contribution in [0.15, 0.2) is 36.5 Å². The molecular formula is C17H24N4O2S. The van der Waals surface area contributed by atoms with Crippen LogP contribution in [0, 0.1) is 0 Å². The van der Waals surface area contributed by atoms with Crippen molar-refractivity contribution in [1.82, 2.24) is 19.9 Å². The van der Waals surface area contributed by atoms with E-state index in [1.54, 1.807) is 11.0 Å². The predicted molar refractivity (Wildman–Crippen MR) is 93.7 cm³/mol. The molecular weight excluding hydrogens is 324 g/mol. The monoisotopic (exact) mass is 348 g/mol. The van der Waals surface area contributed by atoms with Crippen LogP contribution in [0.2, 0.25) is 0 Å². The van der Waals surface area contributed by atoms with Crippen molar-refractivity contribution in [2.45, 2.75) is 43.5 Å². The summed E-state index contributed by atoms with van der Waals surface area (Å²) >= 11 is 0. The maximum atomic E-state index is 12.1. The van der Waals surface area contributed by atoms with Gasteiger partial charge in [-0.15, -0.1) is 0 Å². The van der Waals surface area contributed by atoms with Gasteiger partial charge in [-0.2, -0.15) is 15.0 Å². The summed E-state index contributed by atoms with van der Waals surface area (Å²) in [6.45, 7) is 0.601. The molecule has 2 aromatic rings. The highest BCUT2D eigenvalue weighted by atomic mass is 32.2. The first kappa shape index (κ1) is 17.1. The second-order valence-electron chi connectivity index (χ2n) is 6.60. The molecule has 1 aromatic carbocycles. The summed E-state index contributed by atoms with van der Waals surface area (Å²) in [5.74, 6) is 0. The molecule has 1 aromatic heterocycles. The van der Waals surface area contributed by atoms with Crippen LogP contribution >= 0.6 is 0 Å². The fraction of sp³-hybridized carbons (Fsp3) is 0.529. The van der Waals surface area contributed by atoms with Gasteiger partial charge in [0.05, 0.1) is 22.8 Å². The van der Waals surface area contributed by atoms with Gasteiger partial charge in [0.1, 0.15) is 0 Å². The van der Waals surface area contributed by atoms with Gasteiger partial charge in [0.2, 0.25) is 0 Å². The minimum Gasteiger partial charge on any atom is -0.296 e. The zero-order valence-corrected chi connectivity index (χ0v) is 15.0. The van der Waals surface area contributed by atoms with Gasteiger partial charge in [0.25, 0.3) is 0 Å². The number of hydrogen-bond acceptors (Lipinski definition) is 5. The van der Waals surface area contributed by atoms with Crippen molar-refractivity contribution < 1.29 is 8.42 Å². The number of aromatic nitrogens is 3. The molecule has 2 atom stereocenters. The molecule has 1 saturated carbocycles. The Hall–Kier alpha value is -1.73. The maximum absolute atomic E-state index is 12.1. The Morgan fingerprint density at radius 3 is 2.62 bits per heavy atom. The molecule has 0 aliphatic heterocycles.